The molecule has 148 valence electrons. The maximum absolute atomic E-state index is 12.9. The van der Waals surface area contributed by atoms with Crippen LogP contribution in [0, 0.1) is 5.82 Å². The van der Waals surface area contributed by atoms with Crippen LogP contribution in [0.3, 0.4) is 0 Å². The van der Waals surface area contributed by atoms with E-state index in [4.69, 9.17) is 0 Å². The van der Waals surface area contributed by atoms with E-state index in [0.717, 1.165) is 21.4 Å². The molecule has 3 N–H and O–H groups in total. The van der Waals surface area contributed by atoms with Crippen molar-refractivity contribution in [1.29, 1.82) is 0 Å². The molecule has 0 radical (unpaired) electrons. The fourth-order valence-corrected chi connectivity index (χ4v) is 3.39. The van der Waals surface area contributed by atoms with Crippen molar-refractivity contribution in [1.82, 2.24) is 20.5 Å². The first-order valence-electron chi connectivity index (χ1n) is 9.19. The summed E-state index contributed by atoms with van der Waals surface area (Å²) in [4.78, 5) is 41.1. The zero-order valence-electron chi connectivity index (χ0n) is 15.4. The molecule has 2 aromatic carbocycles. The summed E-state index contributed by atoms with van der Waals surface area (Å²) in [5.41, 5.74) is 2.59. The topological polar surface area (TPSA) is 94.3 Å². The van der Waals surface area contributed by atoms with Crippen molar-refractivity contribution in [2.45, 2.75) is 19.0 Å². The Morgan fingerprint density at radius 3 is 2.66 bits per heavy atom. The first-order valence-corrected chi connectivity index (χ1v) is 9.19. The third-order valence-corrected chi connectivity index (χ3v) is 4.91. The van der Waals surface area contributed by atoms with Crippen LogP contribution in [-0.2, 0) is 22.6 Å². The van der Waals surface area contributed by atoms with Gasteiger partial charge >= 0.3 is 6.03 Å². The second-order valence-electron chi connectivity index (χ2n) is 6.89. The Hall–Kier alpha value is -3.68. The van der Waals surface area contributed by atoms with Gasteiger partial charge in [0.1, 0.15) is 18.4 Å². The Morgan fingerprint density at radius 2 is 1.86 bits per heavy atom. The SMILES string of the molecule is O=C(CN1C(=O)N[C@H](Cc2c[nH]c3ccccc23)C1=O)NCc1ccc(F)cc1. The van der Waals surface area contributed by atoms with Crippen molar-refractivity contribution < 1.29 is 18.8 Å². The lowest BCUT2D eigenvalue weighted by molar-refractivity contribution is -0.132. The van der Waals surface area contributed by atoms with Crippen LogP contribution in [0.4, 0.5) is 9.18 Å². The zero-order chi connectivity index (χ0) is 20.4. The first kappa shape index (κ1) is 18.7. The number of carbonyl (C=O) groups excluding carboxylic acids is 3. The molecule has 4 rings (SSSR count). The molecule has 0 spiro atoms. The highest BCUT2D eigenvalue weighted by Crippen LogP contribution is 2.21. The summed E-state index contributed by atoms with van der Waals surface area (Å²) in [5.74, 6) is -1.26. The summed E-state index contributed by atoms with van der Waals surface area (Å²) in [6, 6.07) is 12.1. The number of carbonyl (C=O) groups is 3. The number of hydrogen-bond acceptors (Lipinski definition) is 3. The van der Waals surface area contributed by atoms with Crippen molar-refractivity contribution in [2.24, 2.45) is 0 Å². The van der Waals surface area contributed by atoms with E-state index in [9.17, 15) is 18.8 Å². The molecule has 1 fully saturated rings. The molecule has 3 aromatic rings. The number of rotatable bonds is 6. The largest absolute Gasteiger partial charge is 0.361 e. The van der Waals surface area contributed by atoms with Gasteiger partial charge in [0.15, 0.2) is 0 Å². The molecule has 1 saturated heterocycles. The molecule has 2 heterocycles. The van der Waals surface area contributed by atoms with Crippen molar-refractivity contribution in [2.75, 3.05) is 6.54 Å². The van der Waals surface area contributed by atoms with E-state index in [1.807, 2.05) is 30.5 Å². The Balaban J connectivity index is 1.36. The van der Waals surface area contributed by atoms with Crippen LogP contribution in [0.2, 0.25) is 0 Å². The number of nitrogens with one attached hydrogen (secondary N) is 3. The zero-order valence-corrected chi connectivity index (χ0v) is 15.4. The third-order valence-electron chi connectivity index (χ3n) is 4.91. The summed E-state index contributed by atoms with van der Waals surface area (Å²) in [5, 5.41) is 6.27. The van der Waals surface area contributed by atoms with Crippen LogP contribution in [0.5, 0.6) is 0 Å². The summed E-state index contributed by atoms with van der Waals surface area (Å²) in [7, 11) is 0. The lowest BCUT2D eigenvalue weighted by Gasteiger charge is -2.13. The maximum atomic E-state index is 12.9. The molecule has 29 heavy (non-hydrogen) atoms. The standard InChI is InChI=1S/C21H19FN4O3/c22-15-7-5-13(6-8-15)10-24-19(27)12-26-20(28)18(25-21(26)29)9-14-11-23-17-4-2-1-3-16(14)17/h1-8,11,18,23H,9-10,12H2,(H,24,27)(H,25,29)/t18-/m1/s1. The number of imide groups is 1. The van der Waals surface area contributed by atoms with E-state index in [2.05, 4.69) is 15.6 Å². The number of benzene rings is 2. The van der Waals surface area contributed by atoms with Gasteiger partial charge in [0.05, 0.1) is 0 Å². The molecule has 4 amide bonds. The lowest BCUT2D eigenvalue weighted by atomic mass is 10.1. The van der Waals surface area contributed by atoms with Gasteiger partial charge in [0.25, 0.3) is 5.91 Å². The first-order chi connectivity index (χ1) is 14.0. The molecule has 8 heteroatoms. The number of hydrogen-bond donors (Lipinski definition) is 3. The van der Waals surface area contributed by atoms with E-state index >= 15 is 0 Å². The van der Waals surface area contributed by atoms with Gasteiger partial charge in [-0.1, -0.05) is 30.3 Å². The Kier molecular flexibility index (Phi) is 4.99. The van der Waals surface area contributed by atoms with Crippen molar-refractivity contribution in [3.05, 3.63) is 71.7 Å². The van der Waals surface area contributed by atoms with Crippen LogP contribution in [-0.4, -0.2) is 40.3 Å². The monoisotopic (exact) mass is 394 g/mol. The minimum Gasteiger partial charge on any atom is -0.361 e. The minimum absolute atomic E-state index is 0.182. The summed E-state index contributed by atoms with van der Waals surface area (Å²) in [6.07, 6.45) is 2.16. The highest BCUT2D eigenvalue weighted by molar-refractivity contribution is 6.06. The Morgan fingerprint density at radius 1 is 1.10 bits per heavy atom. The van der Waals surface area contributed by atoms with Gasteiger partial charge in [0.2, 0.25) is 5.91 Å². The van der Waals surface area contributed by atoms with Crippen molar-refractivity contribution in [3.8, 4) is 0 Å². The lowest BCUT2D eigenvalue weighted by Crippen LogP contribution is -2.41. The third kappa shape index (κ3) is 3.96. The number of halogens is 1. The molecule has 1 aliphatic rings. The molecule has 0 aliphatic carbocycles. The van der Waals surface area contributed by atoms with Gasteiger partial charge in [-0.2, -0.15) is 0 Å². The number of nitrogens with zero attached hydrogens (tertiary/aromatic N) is 1. The second-order valence-corrected chi connectivity index (χ2v) is 6.89. The van der Waals surface area contributed by atoms with Gasteiger partial charge in [-0.3, -0.25) is 14.5 Å². The maximum Gasteiger partial charge on any atom is 0.325 e. The molecule has 0 unspecified atom stereocenters. The van der Waals surface area contributed by atoms with Crippen LogP contribution in [0.1, 0.15) is 11.1 Å². The molecule has 7 nitrogen and oxygen atoms in total. The number of H-pyrrole nitrogens is 1. The Labute approximate surface area is 165 Å². The van der Waals surface area contributed by atoms with Crippen molar-refractivity contribution >= 4 is 28.7 Å². The van der Waals surface area contributed by atoms with E-state index < -0.39 is 23.9 Å². The molecule has 0 saturated carbocycles. The predicted molar refractivity (Wildman–Crippen MR) is 104 cm³/mol. The summed E-state index contributed by atoms with van der Waals surface area (Å²) < 4.78 is 12.9. The van der Waals surface area contributed by atoms with Crippen molar-refractivity contribution in [3.63, 3.8) is 0 Å². The van der Waals surface area contributed by atoms with E-state index in [0.29, 0.717) is 12.0 Å². The fraction of sp³-hybridized carbons (Fsp3) is 0.190. The van der Waals surface area contributed by atoms with Gasteiger partial charge in [-0.25, -0.2) is 9.18 Å². The smallest absolute Gasteiger partial charge is 0.325 e. The van der Waals surface area contributed by atoms with Gasteiger partial charge in [-0.05, 0) is 29.3 Å². The summed E-state index contributed by atoms with van der Waals surface area (Å²) >= 11 is 0. The van der Waals surface area contributed by atoms with Gasteiger partial charge in [0, 0.05) is 30.1 Å². The number of para-hydroxylation sites is 1. The average molecular weight is 394 g/mol. The van der Waals surface area contributed by atoms with Crippen LogP contribution in [0.15, 0.2) is 54.7 Å². The minimum atomic E-state index is -0.716. The number of amides is 4. The number of fused-ring (bicyclic) bond motifs is 1. The highest BCUT2D eigenvalue weighted by atomic mass is 19.1. The number of aromatic amines is 1. The number of urea groups is 1. The van der Waals surface area contributed by atoms with Crippen LogP contribution >= 0.6 is 0 Å². The Bertz CT molecular complexity index is 1080. The summed E-state index contributed by atoms with van der Waals surface area (Å²) in [6.45, 7) is -0.183. The predicted octanol–water partition coefficient (Wildman–Crippen LogP) is 2.09. The molecular formula is C21H19FN4O3. The number of aromatic nitrogens is 1. The normalized spacial score (nSPS) is 16.3. The highest BCUT2D eigenvalue weighted by Gasteiger charge is 2.39. The van der Waals surface area contributed by atoms with Gasteiger partial charge < -0.3 is 15.6 Å². The van der Waals surface area contributed by atoms with Gasteiger partial charge in [-0.15, -0.1) is 0 Å². The molecule has 1 aliphatic heterocycles. The molecule has 1 atom stereocenters. The molecular weight excluding hydrogens is 375 g/mol. The van der Waals surface area contributed by atoms with E-state index in [-0.39, 0.29) is 18.9 Å². The second kappa shape index (κ2) is 7.75. The molecule has 0 bridgehead atoms. The van der Waals surface area contributed by atoms with E-state index in [1.54, 1.807) is 12.1 Å². The molecule has 1 aromatic heterocycles. The van der Waals surface area contributed by atoms with Crippen LogP contribution < -0.4 is 10.6 Å². The average Bonchev–Trinajstić information content (AvgIpc) is 3.24. The van der Waals surface area contributed by atoms with Crippen LogP contribution in [0.25, 0.3) is 10.9 Å². The quantitative estimate of drug-likeness (QED) is 0.559. The fourth-order valence-electron chi connectivity index (χ4n) is 3.39. The van der Waals surface area contributed by atoms with E-state index in [1.165, 1.54) is 12.1 Å².